The molecule has 6 heteroatoms. The second-order valence-electron chi connectivity index (χ2n) is 7.22. The largest absolute Gasteiger partial charge is 0.491 e. The van der Waals surface area contributed by atoms with Crippen LogP contribution in [0.15, 0.2) is 48.5 Å². The van der Waals surface area contributed by atoms with Crippen molar-refractivity contribution in [1.29, 1.82) is 0 Å². The number of benzene rings is 2. The highest BCUT2D eigenvalue weighted by atomic mass is 19.1. The first-order valence-electron chi connectivity index (χ1n) is 9.79. The molecule has 1 fully saturated rings. The maximum absolute atomic E-state index is 13.0. The first-order chi connectivity index (χ1) is 13.5. The fourth-order valence-electron chi connectivity index (χ4n) is 3.34. The number of ether oxygens (including phenoxy) is 1. The van der Waals surface area contributed by atoms with Crippen molar-refractivity contribution < 1.29 is 13.9 Å². The number of nitrogens with zero attached hydrogens (tertiary/aromatic N) is 2. The van der Waals surface area contributed by atoms with Gasteiger partial charge in [0.1, 0.15) is 18.2 Å². The number of nitrogens with one attached hydrogen (secondary N) is 1. The number of anilines is 1. The van der Waals surface area contributed by atoms with Gasteiger partial charge in [-0.3, -0.25) is 0 Å². The second-order valence-corrected chi connectivity index (χ2v) is 7.22. The van der Waals surface area contributed by atoms with E-state index in [-0.39, 0.29) is 11.8 Å². The number of carbonyl (C=O) groups is 1. The van der Waals surface area contributed by atoms with Crippen molar-refractivity contribution in [2.45, 2.75) is 19.8 Å². The summed E-state index contributed by atoms with van der Waals surface area (Å²) in [7, 11) is 0. The fourth-order valence-corrected chi connectivity index (χ4v) is 3.34. The van der Waals surface area contributed by atoms with E-state index in [2.05, 4.69) is 30.1 Å². The maximum atomic E-state index is 13.0. The van der Waals surface area contributed by atoms with E-state index in [9.17, 15) is 9.18 Å². The molecule has 1 saturated heterocycles. The summed E-state index contributed by atoms with van der Waals surface area (Å²) in [5.74, 6) is 1.03. The first-order valence-corrected chi connectivity index (χ1v) is 9.79. The molecule has 0 unspecified atom stereocenters. The molecule has 0 bridgehead atoms. The van der Waals surface area contributed by atoms with Gasteiger partial charge in [-0.15, -0.1) is 0 Å². The van der Waals surface area contributed by atoms with Gasteiger partial charge in [-0.25, -0.2) is 9.18 Å². The van der Waals surface area contributed by atoms with Crippen molar-refractivity contribution >= 4 is 11.7 Å². The lowest BCUT2D eigenvalue weighted by Crippen LogP contribution is -2.52. The van der Waals surface area contributed by atoms with Gasteiger partial charge in [-0.2, -0.15) is 0 Å². The molecule has 3 rings (SSSR count). The smallest absolute Gasteiger partial charge is 0.317 e. The number of urea groups is 1. The van der Waals surface area contributed by atoms with Crippen LogP contribution < -0.4 is 15.0 Å². The summed E-state index contributed by atoms with van der Waals surface area (Å²) in [5, 5.41) is 2.93. The Morgan fingerprint density at radius 2 is 1.75 bits per heavy atom. The van der Waals surface area contributed by atoms with Crippen LogP contribution in [0.1, 0.15) is 25.3 Å². The highest BCUT2D eigenvalue weighted by molar-refractivity contribution is 5.74. The van der Waals surface area contributed by atoms with E-state index >= 15 is 0 Å². The molecule has 2 aromatic carbocycles. The number of halogens is 1. The Bertz CT molecular complexity index is 772. The van der Waals surface area contributed by atoms with E-state index in [0.29, 0.717) is 32.2 Å². The topological polar surface area (TPSA) is 44.8 Å². The van der Waals surface area contributed by atoms with E-state index in [0.717, 1.165) is 24.5 Å². The van der Waals surface area contributed by atoms with Crippen LogP contribution in [0, 0.1) is 5.82 Å². The van der Waals surface area contributed by atoms with E-state index in [1.165, 1.54) is 17.7 Å². The van der Waals surface area contributed by atoms with Crippen LogP contribution in [0.2, 0.25) is 0 Å². The van der Waals surface area contributed by atoms with Crippen molar-refractivity contribution in [3.8, 4) is 5.75 Å². The predicted molar refractivity (Wildman–Crippen MR) is 110 cm³/mol. The monoisotopic (exact) mass is 385 g/mol. The molecule has 1 aliphatic rings. The van der Waals surface area contributed by atoms with Gasteiger partial charge in [-0.1, -0.05) is 32.0 Å². The molecule has 28 heavy (non-hydrogen) atoms. The molecule has 150 valence electrons. The lowest BCUT2D eigenvalue weighted by Gasteiger charge is -2.36. The van der Waals surface area contributed by atoms with Gasteiger partial charge in [0.2, 0.25) is 0 Å². The lowest BCUT2D eigenvalue weighted by atomic mass is 10.0. The van der Waals surface area contributed by atoms with Gasteiger partial charge in [0.25, 0.3) is 0 Å². The van der Waals surface area contributed by atoms with Gasteiger partial charge in [0.05, 0.1) is 6.54 Å². The van der Waals surface area contributed by atoms with Gasteiger partial charge in [-0.05, 0) is 41.8 Å². The Morgan fingerprint density at radius 3 is 2.43 bits per heavy atom. The number of para-hydroxylation sites is 1. The number of amides is 2. The minimum absolute atomic E-state index is 0.0699. The summed E-state index contributed by atoms with van der Waals surface area (Å²) in [5.41, 5.74) is 2.16. The molecule has 0 spiro atoms. The van der Waals surface area contributed by atoms with Crippen LogP contribution >= 0.6 is 0 Å². The van der Waals surface area contributed by atoms with E-state index in [4.69, 9.17) is 4.74 Å². The number of carbonyl (C=O) groups excluding carboxylic acids is 1. The molecule has 2 aromatic rings. The molecule has 0 radical (unpaired) electrons. The fraction of sp³-hybridized carbons (Fsp3) is 0.409. The Morgan fingerprint density at radius 1 is 1.07 bits per heavy atom. The zero-order valence-electron chi connectivity index (χ0n) is 16.5. The summed E-state index contributed by atoms with van der Waals surface area (Å²) < 4.78 is 18.9. The zero-order chi connectivity index (χ0) is 19.9. The number of rotatable bonds is 6. The van der Waals surface area contributed by atoms with Crippen molar-refractivity contribution in [3.63, 3.8) is 0 Å². The Labute approximate surface area is 166 Å². The molecule has 2 amide bonds. The summed E-state index contributed by atoms with van der Waals surface area (Å²) in [4.78, 5) is 16.3. The quantitative estimate of drug-likeness (QED) is 0.768. The third kappa shape index (κ3) is 5.15. The Balaban J connectivity index is 1.40. The number of hydrogen-bond donors (Lipinski definition) is 1. The average molecular weight is 385 g/mol. The van der Waals surface area contributed by atoms with E-state index in [1.54, 1.807) is 12.1 Å². The third-order valence-corrected chi connectivity index (χ3v) is 4.94. The van der Waals surface area contributed by atoms with Gasteiger partial charge < -0.3 is 19.9 Å². The van der Waals surface area contributed by atoms with Gasteiger partial charge in [0, 0.05) is 31.9 Å². The summed E-state index contributed by atoms with van der Waals surface area (Å²) in [6.07, 6.45) is 0. The summed E-state index contributed by atoms with van der Waals surface area (Å²) >= 11 is 0. The molecule has 0 aliphatic carbocycles. The molecule has 0 aromatic heterocycles. The molecule has 1 heterocycles. The minimum atomic E-state index is -0.236. The summed E-state index contributed by atoms with van der Waals surface area (Å²) in [6.45, 7) is 7.91. The van der Waals surface area contributed by atoms with Gasteiger partial charge >= 0.3 is 6.03 Å². The Hall–Kier alpha value is -2.76. The van der Waals surface area contributed by atoms with Crippen LogP contribution in [0.3, 0.4) is 0 Å². The van der Waals surface area contributed by atoms with Gasteiger partial charge in [0.15, 0.2) is 0 Å². The first kappa shape index (κ1) is 20.0. The number of hydrogen-bond acceptors (Lipinski definition) is 3. The summed E-state index contributed by atoms with van der Waals surface area (Å²) in [6, 6.07) is 14.4. The van der Waals surface area contributed by atoms with Crippen LogP contribution in [-0.2, 0) is 0 Å². The highest BCUT2D eigenvalue weighted by Gasteiger charge is 2.21. The molecule has 1 N–H and O–H groups in total. The molecule has 5 nitrogen and oxygen atoms in total. The Kier molecular flexibility index (Phi) is 6.74. The molecule has 0 saturated carbocycles. The molecular weight excluding hydrogens is 357 g/mol. The van der Waals surface area contributed by atoms with E-state index < -0.39 is 0 Å². The van der Waals surface area contributed by atoms with E-state index in [1.807, 2.05) is 23.1 Å². The highest BCUT2D eigenvalue weighted by Crippen LogP contribution is 2.25. The van der Waals surface area contributed by atoms with Crippen LogP contribution in [0.25, 0.3) is 0 Å². The van der Waals surface area contributed by atoms with Crippen molar-refractivity contribution in [1.82, 2.24) is 10.2 Å². The lowest BCUT2D eigenvalue weighted by molar-refractivity contribution is 0.191. The standard InChI is InChI=1S/C22H28FN3O2/c1-17(2)20-5-3-4-6-21(20)28-16-11-24-22(27)26-14-12-25(13-15-26)19-9-7-18(23)8-10-19/h3-10,17H,11-16H2,1-2H3,(H,24,27). The molecular formula is C22H28FN3O2. The van der Waals surface area contributed by atoms with Crippen LogP contribution in [-0.4, -0.2) is 50.3 Å². The number of piperazine rings is 1. The second kappa shape index (κ2) is 9.44. The molecule has 0 atom stereocenters. The van der Waals surface area contributed by atoms with Crippen molar-refractivity contribution in [3.05, 3.63) is 59.9 Å². The maximum Gasteiger partial charge on any atom is 0.317 e. The van der Waals surface area contributed by atoms with Crippen LogP contribution in [0.4, 0.5) is 14.9 Å². The van der Waals surface area contributed by atoms with Crippen molar-refractivity contribution in [2.24, 2.45) is 0 Å². The molecule has 1 aliphatic heterocycles. The van der Waals surface area contributed by atoms with Crippen LogP contribution in [0.5, 0.6) is 5.75 Å². The third-order valence-electron chi connectivity index (χ3n) is 4.94. The zero-order valence-corrected chi connectivity index (χ0v) is 16.5. The average Bonchev–Trinajstić information content (AvgIpc) is 2.72. The normalized spacial score (nSPS) is 14.3. The SMILES string of the molecule is CC(C)c1ccccc1OCCNC(=O)N1CCN(c2ccc(F)cc2)CC1. The predicted octanol–water partition coefficient (Wildman–Crippen LogP) is 3.86. The minimum Gasteiger partial charge on any atom is -0.491 e. The van der Waals surface area contributed by atoms with Crippen molar-refractivity contribution in [2.75, 3.05) is 44.2 Å².